The molecule has 1 aromatic heterocycles. The molecule has 8 heteroatoms. The molecule has 2 heterocycles. The third kappa shape index (κ3) is 5.59. The van der Waals surface area contributed by atoms with E-state index in [1.807, 2.05) is 48.7 Å². The minimum absolute atomic E-state index is 0.0105. The number of thioether (sulfide) groups is 1. The molecule has 1 N–H and O–H groups in total. The number of nitrogens with one attached hydrogen (secondary N) is 1. The fraction of sp³-hybridized carbons (Fsp3) is 0.350. The van der Waals surface area contributed by atoms with Gasteiger partial charge in [0.1, 0.15) is 0 Å². The van der Waals surface area contributed by atoms with Crippen LogP contribution in [0.2, 0.25) is 0 Å². The van der Waals surface area contributed by atoms with Crippen LogP contribution in [0.4, 0.5) is 5.69 Å². The average Bonchev–Trinajstić information content (AvgIpc) is 3.24. The summed E-state index contributed by atoms with van der Waals surface area (Å²) in [6.45, 7) is 4.14. The van der Waals surface area contributed by atoms with E-state index < -0.39 is 0 Å². The normalized spacial score (nSPS) is 14.0. The molecule has 0 spiro atoms. The molecule has 3 amide bonds. The molecule has 6 nitrogen and oxygen atoms in total. The van der Waals surface area contributed by atoms with Crippen LogP contribution < -0.4 is 5.32 Å². The Morgan fingerprint density at radius 3 is 2.32 bits per heavy atom. The molecule has 148 valence electrons. The van der Waals surface area contributed by atoms with Crippen molar-refractivity contribution in [2.45, 2.75) is 6.92 Å². The molecule has 1 saturated heterocycles. The van der Waals surface area contributed by atoms with Crippen molar-refractivity contribution in [1.82, 2.24) is 9.80 Å². The molecule has 28 heavy (non-hydrogen) atoms. The van der Waals surface area contributed by atoms with Crippen LogP contribution in [0.15, 0.2) is 41.8 Å². The Bertz CT molecular complexity index is 814. The second-order valence-electron chi connectivity index (χ2n) is 6.56. The molecule has 3 rings (SSSR count). The van der Waals surface area contributed by atoms with E-state index in [2.05, 4.69) is 5.32 Å². The summed E-state index contributed by atoms with van der Waals surface area (Å²) in [7, 11) is 0. The van der Waals surface area contributed by atoms with E-state index in [1.165, 1.54) is 23.1 Å². The van der Waals surface area contributed by atoms with Crippen molar-refractivity contribution in [2.75, 3.05) is 43.0 Å². The van der Waals surface area contributed by atoms with Crippen LogP contribution in [0.5, 0.6) is 0 Å². The Morgan fingerprint density at radius 1 is 1.00 bits per heavy atom. The van der Waals surface area contributed by atoms with Crippen LogP contribution in [0, 0.1) is 6.92 Å². The highest BCUT2D eigenvalue weighted by Crippen LogP contribution is 2.15. The summed E-state index contributed by atoms with van der Waals surface area (Å²) in [5.74, 6) is 0.421. The van der Waals surface area contributed by atoms with E-state index in [0.717, 1.165) is 16.1 Å². The van der Waals surface area contributed by atoms with Crippen molar-refractivity contribution in [3.63, 3.8) is 0 Å². The van der Waals surface area contributed by atoms with Gasteiger partial charge in [0, 0.05) is 31.9 Å². The number of carbonyl (C=O) groups excluding carboxylic acids is 3. The lowest BCUT2D eigenvalue weighted by Crippen LogP contribution is -2.51. The summed E-state index contributed by atoms with van der Waals surface area (Å²) in [5.41, 5.74) is 1.89. The smallest absolute Gasteiger partial charge is 0.264 e. The molecule has 2 aromatic rings. The molecule has 0 saturated carbocycles. The van der Waals surface area contributed by atoms with Crippen LogP contribution in [0.1, 0.15) is 15.2 Å². The van der Waals surface area contributed by atoms with Crippen LogP contribution in [-0.4, -0.2) is 65.2 Å². The molecular weight excluding hydrogens is 394 g/mol. The van der Waals surface area contributed by atoms with Gasteiger partial charge in [-0.05, 0) is 30.5 Å². The first-order valence-corrected chi connectivity index (χ1v) is 11.1. The van der Waals surface area contributed by atoms with Gasteiger partial charge in [-0.15, -0.1) is 23.1 Å². The predicted octanol–water partition coefficient (Wildman–Crippen LogP) is 2.71. The number of thiophene rings is 1. The Morgan fingerprint density at radius 2 is 1.68 bits per heavy atom. The third-order valence-electron chi connectivity index (χ3n) is 4.45. The number of piperazine rings is 1. The van der Waals surface area contributed by atoms with Gasteiger partial charge < -0.3 is 15.1 Å². The minimum atomic E-state index is -0.118. The monoisotopic (exact) mass is 417 g/mol. The molecule has 0 unspecified atom stereocenters. The number of rotatable bonds is 6. The van der Waals surface area contributed by atoms with Crippen LogP contribution in [0.3, 0.4) is 0 Å². The first-order chi connectivity index (χ1) is 13.5. The van der Waals surface area contributed by atoms with Gasteiger partial charge in [0.05, 0.1) is 16.4 Å². The Labute approximate surface area is 172 Å². The number of hydrogen-bond acceptors (Lipinski definition) is 5. The van der Waals surface area contributed by atoms with Crippen molar-refractivity contribution in [3.8, 4) is 0 Å². The molecule has 1 aliphatic rings. The van der Waals surface area contributed by atoms with E-state index in [0.29, 0.717) is 26.2 Å². The highest BCUT2D eigenvalue weighted by atomic mass is 32.2. The maximum atomic E-state index is 12.4. The highest BCUT2D eigenvalue weighted by molar-refractivity contribution is 8.00. The highest BCUT2D eigenvalue weighted by Gasteiger charge is 2.25. The molecule has 0 atom stereocenters. The standard InChI is InChI=1S/C20H23N3O3S2/c1-15-4-6-16(7-5-15)21-18(24)13-27-14-19(25)22-8-10-23(11-9-22)20(26)17-3-2-12-28-17/h2-7,12H,8-11,13-14H2,1H3,(H,21,24). The SMILES string of the molecule is Cc1ccc(NC(=O)CSCC(=O)N2CCN(C(=O)c3cccs3)CC2)cc1. The molecule has 0 aliphatic carbocycles. The lowest BCUT2D eigenvalue weighted by molar-refractivity contribution is -0.129. The van der Waals surface area contributed by atoms with E-state index in [-0.39, 0.29) is 29.2 Å². The maximum Gasteiger partial charge on any atom is 0.264 e. The van der Waals surface area contributed by atoms with Gasteiger partial charge in [0.25, 0.3) is 5.91 Å². The van der Waals surface area contributed by atoms with Gasteiger partial charge in [0.2, 0.25) is 11.8 Å². The predicted molar refractivity (Wildman–Crippen MR) is 114 cm³/mol. The minimum Gasteiger partial charge on any atom is -0.338 e. The summed E-state index contributed by atoms with van der Waals surface area (Å²) in [5, 5.41) is 4.71. The second kappa shape index (κ2) is 9.75. The summed E-state index contributed by atoms with van der Waals surface area (Å²) in [6.07, 6.45) is 0. The van der Waals surface area contributed by atoms with Crippen molar-refractivity contribution in [3.05, 3.63) is 52.2 Å². The largest absolute Gasteiger partial charge is 0.338 e. The van der Waals surface area contributed by atoms with Gasteiger partial charge in [0.15, 0.2) is 0 Å². The summed E-state index contributed by atoms with van der Waals surface area (Å²) < 4.78 is 0. The van der Waals surface area contributed by atoms with Crippen molar-refractivity contribution < 1.29 is 14.4 Å². The van der Waals surface area contributed by atoms with Crippen LogP contribution in [0.25, 0.3) is 0 Å². The van der Waals surface area contributed by atoms with E-state index >= 15 is 0 Å². The Kier molecular flexibility index (Phi) is 7.11. The van der Waals surface area contributed by atoms with E-state index in [1.54, 1.807) is 9.80 Å². The van der Waals surface area contributed by atoms with Gasteiger partial charge in [-0.25, -0.2) is 0 Å². The van der Waals surface area contributed by atoms with Crippen LogP contribution in [-0.2, 0) is 9.59 Å². The Balaban J connectivity index is 1.36. The average molecular weight is 418 g/mol. The van der Waals surface area contributed by atoms with Gasteiger partial charge in [-0.2, -0.15) is 0 Å². The quantitative estimate of drug-likeness (QED) is 0.785. The van der Waals surface area contributed by atoms with Crippen molar-refractivity contribution in [1.29, 1.82) is 0 Å². The number of amides is 3. The number of anilines is 1. The number of carbonyl (C=O) groups is 3. The molecule has 1 aliphatic heterocycles. The summed E-state index contributed by atoms with van der Waals surface area (Å²) in [4.78, 5) is 41.0. The van der Waals surface area contributed by atoms with Crippen molar-refractivity contribution in [2.24, 2.45) is 0 Å². The Hall–Kier alpha value is -2.32. The zero-order valence-corrected chi connectivity index (χ0v) is 17.4. The molecular formula is C20H23N3O3S2. The lowest BCUT2D eigenvalue weighted by atomic mass is 10.2. The molecule has 1 fully saturated rings. The molecule has 0 radical (unpaired) electrons. The number of nitrogens with zero attached hydrogens (tertiary/aromatic N) is 2. The van der Waals surface area contributed by atoms with Gasteiger partial charge in [-0.3, -0.25) is 14.4 Å². The van der Waals surface area contributed by atoms with Crippen LogP contribution >= 0.6 is 23.1 Å². The summed E-state index contributed by atoms with van der Waals surface area (Å²) >= 11 is 2.74. The molecule has 0 bridgehead atoms. The van der Waals surface area contributed by atoms with Gasteiger partial charge >= 0.3 is 0 Å². The number of aryl methyl sites for hydroxylation is 1. The lowest BCUT2D eigenvalue weighted by Gasteiger charge is -2.34. The first-order valence-electron chi connectivity index (χ1n) is 9.08. The zero-order chi connectivity index (χ0) is 19.9. The van der Waals surface area contributed by atoms with Crippen molar-refractivity contribution >= 4 is 46.5 Å². The van der Waals surface area contributed by atoms with E-state index in [9.17, 15) is 14.4 Å². The maximum absolute atomic E-state index is 12.4. The fourth-order valence-corrected chi connectivity index (χ4v) is 4.28. The number of benzene rings is 1. The third-order valence-corrected chi connectivity index (χ3v) is 6.22. The summed E-state index contributed by atoms with van der Waals surface area (Å²) in [6, 6.07) is 11.3. The van der Waals surface area contributed by atoms with E-state index in [4.69, 9.17) is 0 Å². The molecule has 1 aromatic carbocycles. The number of hydrogen-bond donors (Lipinski definition) is 1. The first kappa shape index (κ1) is 20.4. The topological polar surface area (TPSA) is 69.7 Å². The fourth-order valence-electron chi connectivity index (χ4n) is 2.87. The zero-order valence-electron chi connectivity index (χ0n) is 15.7. The van der Waals surface area contributed by atoms with Gasteiger partial charge in [-0.1, -0.05) is 23.8 Å². The second-order valence-corrected chi connectivity index (χ2v) is 8.49.